The third-order valence-electron chi connectivity index (χ3n) is 2.64. The summed E-state index contributed by atoms with van der Waals surface area (Å²) in [4.78, 5) is 10.4. The van der Waals surface area contributed by atoms with Gasteiger partial charge in [0.15, 0.2) is 0 Å². The number of aryl methyl sites for hydroxylation is 1. The lowest BCUT2D eigenvalue weighted by molar-refractivity contribution is -0.136. The molecule has 1 N–H and O–H groups in total. The zero-order chi connectivity index (χ0) is 14.7. The molecule has 1 aromatic heterocycles. The number of nitrogens with zero attached hydrogens (tertiary/aromatic N) is 3. The Kier molecular flexibility index (Phi) is 4.43. The van der Waals surface area contributed by atoms with Gasteiger partial charge in [-0.05, 0) is 28.1 Å². The van der Waals surface area contributed by atoms with Gasteiger partial charge in [-0.25, -0.2) is 13.5 Å². The van der Waals surface area contributed by atoms with Crippen LogP contribution in [0.15, 0.2) is 22.8 Å². The van der Waals surface area contributed by atoms with Crippen LogP contribution in [0.25, 0.3) is 0 Å². The van der Waals surface area contributed by atoms with Gasteiger partial charge in [0.25, 0.3) is 0 Å². The van der Waals surface area contributed by atoms with Crippen molar-refractivity contribution in [2.75, 3.05) is 0 Å². The smallest absolute Gasteiger partial charge is 0.303 e. The number of aromatic nitrogens is 3. The first kappa shape index (κ1) is 14.6. The molecule has 8 heteroatoms. The maximum atomic E-state index is 13.8. The Bertz CT molecular complexity index is 646. The monoisotopic (exact) mass is 345 g/mol. The van der Waals surface area contributed by atoms with Crippen LogP contribution in [0.1, 0.15) is 17.7 Å². The Morgan fingerprint density at radius 1 is 1.40 bits per heavy atom. The molecule has 0 aliphatic heterocycles. The quantitative estimate of drug-likeness (QED) is 0.845. The van der Waals surface area contributed by atoms with Gasteiger partial charge < -0.3 is 5.11 Å². The van der Waals surface area contributed by atoms with Gasteiger partial charge in [-0.2, -0.15) is 0 Å². The number of carbonyl (C=O) groups is 1. The molecule has 20 heavy (non-hydrogen) atoms. The van der Waals surface area contributed by atoms with E-state index in [1.54, 1.807) is 0 Å². The number of benzene rings is 1. The topological polar surface area (TPSA) is 68.0 Å². The fourth-order valence-corrected chi connectivity index (χ4v) is 2.01. The van der Waals surface area contributed by atoms with Crippen molar-refractivity contribution < 1.29 is 18.7 Å². The minimum atomic E-state index is -0.941. The van der Waals surface area contributed by atoms with Gasteiger partial charge in [-0.1, -0.05) is 5.21 Å². The first-order valence-electron chi connectivity index (χ1n) is 5.70. The average Bonchev–Trinajstić information content (AvgIpc) is 2.85. The van der Waals surface area contributed by atoms with Crippen LogP contribution in [0.2, 0.25) is 0 Å². The molecule has 0 amide bonds. The number of carboxylic acids is 1. The van der Waals surface area contributed by atoms with Gasteiger partial charge >= 0.3 is 5.97 Å². The van der Waals surface area contributed by atoms with E-state index in [0.29, 0.717) is 5.69 Å². The Morgan fingerprint density at radius 3 is 2.85 bits per heavy atom. The molecule has 0 unspecified atom stereocenters. The first-order valence-corrected chi connectivity index (χ1v) is 6.50. The number of halogens is 3. The van der Waals surface area contributed by atoms with Crippen LogP contribution in [0.5, 0.6) is 0 Å². The van der Waals surface area contributed by atoms with Crippen molar-refractivity contribution >= 4 is 21.9 Å². The van der Waals surface area contributed by atoms with Crippen molar-refractivity contribution in [3.63, 3.8) is 0 Å². The predicted molar refractivity (Wildman–Crippen MR) is 69.1 cm³/mol. The average molecular weight is 346 g/mol. The SMILES string of the molecule is O=C(O)CCc1cn(Cc2c(F)ccc(Br)c2F)nn1. The summed E-state index contributed by atoms with van der Waals surface area (Å²) in [5, 5.41) is 16.0. The highest BCUT2D eigenvalue weighted by Crippen LogP contribution is 2.22. The van der Waals surface area contributed by atoms with Crippen LogP contribution in [-0.4, -0.2) is 26.1 Å². The molecule has 0 saturated carbocycles. The Hall–Kier alpha value is -1.83. The van der Waals surface area contributed by atoms with E-state index in [0.717, 1.165) is 6.07 Å². The number of rotatable bonds is 5. The summed E-state index contributed by atoms with van der Waals surface area (Å²) in [5.41, 5.74) is 0.331. The maximum absolute atomic E-state index is 13.8. The van der Waals surface area contributed by atoms with Gasteiger partial charge in [0, 0.05) is 18.2 Å². The highest BCUT2D eigenvalue weighted by Gasteiger charge is 2.14. The van der Waals surface area contributed by atoms with E-state index < -0.39 is 17.6 Å². The molecular formula is C12H10BrF2N3O2. The largest absolute Gasteiger partial charge is 0.481 e. The van der Waals surface area contributed by atoms with Crippen molar-refractivity contribution in [2.45, 2.75) is 19.4 Å². The molecule has 2 rings (SSSR count). The summed E-state index contributed by atoms with van der Waals surface area (Å²) in [6.07, 6.45) is 1.62. The number of hydrogen-bond acceptors (Lipinski definition) is 3. The highest BCUT2D eigenvalue weighted by molar-refractivity contribution is 9.10. The van der Waals surface area contributed by atoms with Crippen molar-refractivity contribution in [2.24, 2.45) is 0 Å². The van der Waals surface area contributed by atoms with Crippen LogP contribution in [0.3, 0.4) is 0 Å². The lowest BCUT2D eigenvalue weighted by atomic mass is 10.2. The highest BCUT2D eigenvalue weighted by atomic mass is 79.9. The zero-order valence-electron chi connectivity index (χ0n) is 10.2. The van der Waals surface area contributed by atoms with Crippen LogP contribution in [0.4, 0.5) is 8.78 Å². The van der Waals surface area contributed by atoms with E-state index in [1.165, 1.54) is 16.9 Å². The summed E-state index contributed by atoms with van der Waals surface area (Å²) >= 11 is 2.99. The minimum Gasteiger partial charge on any atom is -0.481 e. The molecular weight excluding hydrogens is 336 g/mol. The van der Waals surface area contributed by atoms with Crippen LogP contribution < -0.4 is 0 Å². The molecule has 0 aliphatic rings. The third kappa shape index (κ3) is 3.38. The fraction of sp³-hybridized carbons (Fsp3) is 0.250. The molecule has 0 fully saturated rings. The summed E-state index contributed by atoms with van der Waals surface area (Å²) in [5.74, 6) is -2.30. The Morgan fingerprint density at radius 2 is 2.15 bits per heavy atom. The lowest BCUT2D eigenvalue weighted by Gasteiger charge is -2.05. The fourth-order valence-electron chi connectivity index (χ4n) is 1.64. The van der Waals surface area contributed by atoms with Gasteiger partial charge in [-0.15, -0.1) is 5.10 Å². The van der Waals surface area contributed by atoms with E-state index in [9.17, 15) is 13.6 Å². The van der Waals surface area contributed by atoms with Crippen LogP contribution >= 0.6 is 15.9 Å². The number of hydrogen-bond donors (Lipinski definition) is 1. The van der Waals surface area contributed by atoms with E-state index in [1.807, 2.05) is 0 Å². The van der Waals surface area contributed by atoms with Gasteiger partial charge in [-0.3, -0.25) is 4.79 Å². The molecule has 1 heterocycles. The maximum Gasteiger partial charge on any atom is 0.303 e. The predicted octanol–water partition coefficient (Wildman–Crippen LogP) is 2.38. The van der Waals surface area contributed by atoms with Gasteiger partial charge in [0.1, 0.15) is 11.6 Å². The van der Waals surface area contributed by atoms with E-state index >= 15 is 0 Å². The second kappa shape index (κ2) is 6.08. The molecule has 2 aromatic rings. The standard InChI is InChI=1S/C12H10BrF2N3O2/c13-9-2-3-10(14)8(12(9)15)6-18-5-7(16-17-18)1-4-11(19)20/h2-3,5H,1,4,6H2,(H,19,20). The molecule has 0 bridgehead atoms. The second-order valence-electron chi connectivity index (χ2n) is 4.12. The summed E-state index contributed by atoms with van der Waals surface area (Å²) in [6.45, 7) is -0.114. The van der Waals surface area contributed by atoms with Crippen molar-refractivity contribution in [3.8, 4) is 0 Å². The summed E-state index contributed by atoms with van der Waals surface area (Å²) in [7, 11) is 0. The van der Waals surface area contributed by atoms with Crippen molar-refractivity contribution in [1.82, 2.24) is 15.0 Å². The minimum absolute atomic E-state index is 0.0711. The molecule has 0 radical (unpaired) electrons. The second-order valence-corrected chi connectivity index (χ2v) is 4.98. The summed E-state index contributed by atoms with van der Waals surface area (Å²) < 4.78 is 28.8. The first-order chi connectivity index (χ1) is 9.47. The van der Waals surface area contributed by atoms with Crippen molar-refractivity contribution in [3.05, 3.63) is 45.7 Å². The molecule has 5 nitrogen and oxygen atoms in total. The zero-order valence-corrected chi connectivity index (χ0v) is 11.8. The third-order valence-corrected chi connectivity index (χ3v) is 3.25. The normalized spacial score (nSPS) is 10.8. The van der Waals surface area contributed by atoms with Crippen LogP contribution in [-0.2, 0) is 17.8 Å². The van der Waals surface area contributed by atoms with Gasteiger partial charge in [0.05, 0.1) is 23.1 Å². The van der Waals surface area contributed by atoms with E-state index in [2.05, 4.69) is 26.2 Å². The van der Waals surface area contributed by atoms with E-state index in [-0.39, 0.29) is 29.4 Å². The molecule has 0 saturated heterocycles. The van der Waals surface area contributed by atoms with E-state index in [4.69, 9.17) is 5.11 Å². The molecule has 106 valence electrons. The van der Waals surface area contributed by atoms with Crippen LogP contribution in [0, 0.1) is 11.6 Å². The lowest BCUT2D eigenvalue weighted by Crippen LogP contribution is -2.06. The molecule has 0 aliphatic carbocycles. The molecule has 0 atom stereocenters. The Balaban J connectivity index is 2.15. The van der Waals surface area contributed by atoms with Gasteiger partial charge in [0.2, 0.25) is 0 Å². The molecule has 1 aromatic carbocycles. The number of aliphatic carboxylic acids is 1. The van der Waals surface area contributed by atoms with Crippen molar-refractivity contribution in [1.29, 1.82) is 0 Å². The number of carboxylic acid groups (broad SMARTS) is 1. The Labute approximate surface area is 121 Å². The summed E-state index contributed by atoms with van der Waals surface area (Å²) in [6, 6.07) is 2.44. The molecule has 0 spiro atoms.